The van der Waals surface area contributed by atoms with Gasteiger partial charge in [-0.2, -0.15) is 0 Å². The number of carboxylic acid groups (broad SMARTS) is 1. The van der Waals surface area contributed by atoms with Crippen molar-refractivity contribution in [3.8, 4) is 0 Å². The average molecular weight is 389 g/mol. The van der Waals surface area contributed by atoms with Gasteiger partial charge in [0.15, 0.2) is 0 Å². The molecular formula is C22H32N2O4. The van der Waals surface area contributed by atoms with Gasteiger partial charge >= 0.3 is 5.97 Å². The van der Waals surface area contributed by atoms with Crippen LogP contribution in [0.15, 0.2) is 24.3 Å². The highest BCUT2D eigenvalue weighted by molar-refractivity contribution is 5.97. The fourth-order valence-electron chi connectivity index (χ4n) is 3.51. The Hall–Kier alpha value is -2.37. The second-order valence-corrected chi connectivity index (χ2v) is 9.08. The van der Waals surface area contributed by atoms with Crippen molar-refractivity contribution in [2.24, 2.45) is 11.8 Å². The second kappa shape index (κ2) is 8.76. The Kier molecular flexibility index (Phi) is 6.86. The third-order valence-electron chi connectivity index (χ3n) is 5.38. The maximum Gasteiger partial charge on any atom is 0.306 e. The number of amides is 2. The molecule has 3 N–H and O–H groups in total. The van der Waals surface area contributed by atoms with Gasteiger partial charge in [-0.15, -0.1) is 0 Å². The number of benzene rings is 1. The van der Waals surface area contributed by atoms with E-state index in [9.17, 15) is 14.4 Å². The van der Waals surface area contributed by atoms with Gasteiger partial charge in [0.25, 0.3) is 5.91 Å². The zero-order valence-corrected chi connectivity index (χ0v) is 17.4. The van der Waals surface area contributed by atoms with E-state index >= 15 is 0 Å². The molecule has 1 saturated carbocycles. The van der Waals surface area contributed by atoms with Gasteiger partial charge in [0.2, 0.25) is 5.91 Å². The number of carboxylic acids is 1. The van der Waals surface area contributed by atoms with Crippen LogP contribution in [0.4, 0.5) is 0 Å². The first-order valence-corrected chi connectivity index (χ1v) is 9.93. The molecule has 2 amide bonds. The van der Waals surface area contributed by atoms with E-state index in [-0.39, 0.29) is 29.2 Å². The summed E-state index contributed by atoms with van der Waals surface area (Å²) in [4.78, 5) is 36.4. The molecule has 0 radical (unpaired) electrons. The molecule has 154 valence electrons. The standard InChI is InChI=1S/C22H32N2O4/c1-13(2)18(20(26)23-17-11-8-15(12-17)21(27)28)24-19(25)14-6-9-16(10-7-14)22(3,4)5/h6-7,9-10,13,15,17-18H,8,11-12H2,1-5H3,(H,23,26)(H,24,25)(H,27,28)/t15-,17+,18?/m0/s1. The Balaban J connectivity index is 2.01. The van der Waals surface area contributed by atoms with Crippen LogP contribution in [-0.2, 0) is 15.0 Å². The van der Waals surface area contributed by atoms with Crippen LogP contribution in [0.5, 0.6) is 0 Å². The number of rotatable bonds is 6. The fourth-order valence-corrected chi connectivity index (χ4v) is 3.51. The van der Waals surface area contributed by atoms with Crippen LogP contribution in [0.1, 0.15) is 69.8 Å². The maximum absolute atomic E-state index is 12.7. The first-order valence-electron chi connectivity index (χ1n) is 9.93. The lowest BCUT2D eigenvalue weighted by atomic mass is 9.86. The molecule has 1 aromatic carbocycles. The highest BCUT2D eigenvalue weighted by atomic mass is 16.4. The van der Waals surface area contributed by atoms with Crippen molar-refractivity contribution in [2.45, 2.75) is 71.4 Å². The lowest BCUT2D eigenvalue weighted by Gasteiger charge is -2.24. The van der Waals surface area contributed by atoms with Crippen molar-refractivity contribution in [3.63, 3.8) is 0 Å². The molecule has 1 aliphatic rings. The fraction of sp³-hybridized carbons (Fsp3) is 0.591. The summed E-state index contributed by atoms with van der Waals surface area (Å²) in [6.07, 6.45) is 1.66. The summed E-state index contributed by atoms with van der Waals surface area (Å²) < 4.78 is 0. The Morgan fingerprint density at radius 2 is 1.68 bits per heavy atom. The molecule has 3 atom stereocenters. The van der Waals surface area contributed by atoms with Crippen LogP contribution in [0.3, 0.4) is 0 Å². The molecule has 0 bridgehead atoms. The van der Waals surface area contributed by atoms with Crippen LogP contribution in [-0.4, -0.2) is 35.0 Å². The zero-order valence-electron chi connectivity index (χ0n) is 17.4. The average Bonchev–Trinajstić information content (AvgIpc) is 3.07. The molecular weight excluding hydrogens is 356 g/mol. The van der Waals surface area contributed by atoms with E-state index < -0.39 is 17.9 Å². The molecule has 0 aliphatic heterocycles. The smallest absolute Gasteiger partial charge is 0.306 e. The predicted molar refractivity (Wildman–Crippen MR) is 108 cm³/mol. The minimum absolute atomic E-state index is 0.00442. The van der Waals surface area contributed by atoms with E-state index in [0.29, 0.717) is 24.8 Å². The van der Waals surface area contributed by atoms with Crippen molar-refractivity contribution >= 4 is 17.8 Å². The molecule has 1 fully saturated rings. The van der Waals surface area contributed by atoms with E-state index in [4.69, 9.17) is 5.11 Å². The number of aliphatic carboxylic acids is 1. The van der Waals surface area contributed by atoms with Gasteiger partial charge in [0.1, 0.15) is 6.04 Å². The third kappa shape index (κ3) is 5.57. The number of hydrogen-bond acceptors (Lipinski definition) is 3. The lowest BCUT2D eigenvalue weighted by molar-refractivity contribution is -0.141. The zero-order chi connectivity index (χ0) is 21.1. The lowest BCUT2D eigenvalue weighted by Crippen LogP contribution is -2.51. The molecule has 1 aromatic rings. The molecule has 0 aromatic heterocycles. The molecule has 0 saturated heterocycles. The number of carbonyl (C=O) groups is 3. The summed E-state index contributed by atoms with van der Waals surface area (Å²) in [5, 5.41) is 14.9. The summed E-state index contributed by atoms with van der Waals surface area (Å²) in [7, 11) is 0. The van der Waals surface area contributed by atoms with Crippen LogP contribution in [0.2, 0.25) is 0 Å². The quantitative estimate of drug-likeness (QED) is 0.698. The van der Waals surface area contributed by atoms with Gasteiger partial charge in [-0.3, -0.25) is 14.4 Å². The molecule has 0 spiro atoms. The van der Waals surface area contributed by atoms with Crippen LogP contribution in [0, 0.1) is 11.8 Å². The van der Waals surface area contributed by atoms with Gasteiger partial charge in [0, 0.05) is 11.6 Å². The summed E-state index contributed by atoms with van der Waals surface area (Å²) >= 11 is 0. The minimum atomic E-state index is -0.816. The molecule has 0 heterocycles. The number of hydrogen-bond donors (Lipinski definition) is 3. The van der Waals surface area contributed by atoms with Crippen molar-refractivity contribution in [1.29, 1.82) is 0 Å². The Morgan fingerprint density at radius 3 is 2.14 bits per heavy atom. The number of nitrogens with one attached hydrogen (secondary N) is 2. The summed E-state index contributed by atoms with van der Waals surface area (Å²) in [5.41, 5.74) is 1.65. The Bertz CT molecular complexity index is 719. The minimum Gasteiger partial charge on any atom is -0.481 e. The third-order valence-corrected chi connectivity index (χ3v) is 5.38. The van der Waals surface area contributed by atoms with Crippen molar-refractivity contribution in [2.75, 3.05) is 0 Å². The molecule has 6 nitrogen and oxygen atoms in total. The van der Waals surface area contributed by atoms with Gasteiger partial charge < -0.3 is 15.7 Å². The SMILES string of the molecule is CC(C)C(NC(=O)c1ccc(C(C)(C)C)cc1)C(=O)N[C@@H]1CC[C@H](C(=O)O)C1. The monoisotopic (exact) mass is 388 g/mol. The first kappa shape index (κ1) is 21.9. The molecule has 1 aliphatic carbocycles. The molecule has 28 heavy (non-hydrogen) atoms. The predicted octanol–water partition coefficient (Wildman–Crippen LogP) is 3.11. The van der Waals surface area contributed by atoms with E-state index in [1.54, 1.807) is 12.1 Å². The van der Waals surface area contributed by atoms with E-state index in [2.05, 4.69) is 31.4 Å². The van der Waals surface area contributed by atoms with Crippen molar-refractivity contribution in [1.82, 2.24) is 10.6 Å². The van der Waals surface area contributed by atoms with Crippen LogP contribution >= 0.6 is 0 Å². The molecule has 6 heteroatoms. The van der Waals surface area contributed by atoms with Crippen LogP contribution in [0.25, 0.3) is 0 Å². The van der Waals surface area contributed by atoms with Gasteiger partial charge in [0.05, 0.1) is 5.92 Å². The van der Waals surface area contributed by atoms with Gasteiger partial charge in [-0.05, 0) is 48.3 Å². The van der Waals surface area contributed by atoms with Gasteiger partial charge in [-0.25, -0.2) is 0 Å². The summed E-state index contributed by atoms with van der Waals surface area (Å²) in [6, 6.07) is 6.60. The summed E-state index contributed by atoms with van der Waals surface area (Å²) in [6.45, 7) is 10.1. The van der Waals surface area contributed by atoms with E-state index in [0.717, 1.165) is 5.56 Å². The maximum atomic E-state index is 12.7. The highest BCUT2D eigenvalue weighted by Crippen LogP contribution is 2.26. The normalized spacial score (nSPS) is 20.6. The topological polar surface area (TPSA) is 95.5 Å². The van der Waals surface area contributed by atoms with Gasteiger partial charge in [-0.1, -0.05) is 46.8 Å². The van der Waals surface area contributed by atoms with Crippen molar-refractivity contribution in [3.05, 3.63) is 35.4 Å². The Labute approximate surface area is 167 Å². The number of carbonyl (C=O) groups excluding carboxylic acids is 2. The molecule has 1 unspecified atom stereocenters. The van der Waals surface area contributed by atoms with E-state index in [1.165, 1.54) is 0 Å². The Morgan fingerprint density at radius 1 is 1.07 bits per heavy atom. The van der Waals surface area contributed by atoms with E-state index in [1.807, 2.05) is 26.0 Å². The highest BCUT2D eigenvalue weighted by Gasteiger charge is 2.33. The van der Waals surface area contributed by atoms with Crippen LogP contribution < -0.4 is 10.6 Å². The van der Waals surface area contributed by atoms with Crippen molar-refractivity contribution < 1.29 is 19.5 Å². The second-order valence-electron chi connectivity index (χ2n) is 9.08. The molecule has 2 rings (SSSR count). The summed E-state index contributed by atoms with van der Waals surface area (Å²) in [5.74, 6) is -1.85. The first-order chi connectivity index (χ1) is 13.0. The largest absolute Gasteiger partial charge is 0.481 e.